The highest BCUT2D eigenvalue weighted by Crippen LogP contribution is 2.46. The number of anilines is 1. The number of H-pyrrole nitrogens is 1. The minimum Gasteiger partial charge on any atom is -0.367 e. The average molecular weight is 485 g/mol. The van der Waals surface area contributed by atoms with Crippen molar-refractivity contribution in [3.8, 4) is 22.6 Å². The Labute approximate surface area is 209 Å². The van der Waals surface area contributed by atoms with E-state index in [0.29, 0.717) is 40.6 Å². The number of halogens is 2. The highest BCUT2D eigenvalue weighted by Gasteiger charge is 2.41. The van der Waals surface area contributed by atoms with E-state index in [4.69, 9.17) is 9.97 Å². The molecule has 2 aromatic carbocycles. The normalized spacial score (nSPS) is 25.4. The zero-order valence-corrected chi connectivity index (χ0v) is 20.4. The highest BCUT2D eigenvalue weighted by atomic mass is 19.1. The van der Waals surface area contributed by atoms with E-state index in [1.165, 1.54) is 50.2 Å². The average Bonchev–Trinajstić information content (AvgIpc) is 3.65. The molecule has 6 heteroatoms. The number of benzene rings is 2. The van der Waals surface area contributed by atoms with Gasteiger partial charge in [-0.05, 0) is 73.8 Å². The molecule has 4 saturated carbocycles. The van der Waals surface area contributed by atoms with Gasteiger partial charge in [0.25, 0.3) is 0 Å². The van der Waals surface area contributed by atoms with Gasteiger partial charge in [-0.1, -0.05) is 31.2 Å². The SMILES string of the molecule is C[C@@H]1C2CCC(CC2)[C@H]1Nc1cc(-c2ccc(C3CC3)cc2)nc(-c2c[nH]c3c(F)cc(F)cc23)n1. The molecule has 2 aromatic heterocycles. The van der Waals surface area contributed by atoms with E-state index in [1.54, 1.807) is 6.20 Å². The number of nitrogens with one attached hydrogen (secondary N) is 2. The number of hydrogen-bond donors (Lipinski definition) is 2. The van der Waals surface area contributed by atoms with Crippen molar-refractivity contribution in [2.24, 2.45) is 17.8 Å². The molecule has 0 amide bonds. The van der Waals surface area contributed by atoms with Crippen molar-refractivity contribution in [1.82, 2.24) is 15.0 Å². The van der Waals surface area contributed by atoms with Crippen molar-refractivity contribution in [2.45, 2.75) is 57.4 Å². The van der Waals surface area contributed by atoms with Crippen LogP contribution in [0.25, 0.3) is 33.5 Å². The van der Waals surface area contributed by atoms with Crippen LogP contribution < -0.4 is 5.32 Å². The fourth-order valence-corrected chi connectivity index (χ4v) is 6.64. The van der Waals surface area contributed by atoms with Crippen LogP contribution in [0.3, 0.4) is 0 Å². The lowest BCUT2D eigenvalue weighted by Crippen LogP contribution is -2.47. The van der Waals surface area contributed by atoms with E-state index in [1.807, 2.05) is 6.07 Å². The lowest BCUT2D eigenvalue weighted by molar-refractivity contribution is 0.0928. The molecule has 0 saturated heterocycles. The Bertz CT molecular complexity index is 1430. The summed E-state index contributed by atoms with van der Waals surface area (Å²) < 4.78 is 28.6. The molecule has 2 heterocycles. The number of rotatable bonds is 5. The van der Waals surface area contributed by atoms with Crippen LogP contribution in [-0.4, -0.2) is 21.0 Å². The highest BCUT2D eigenvalue weighted by molar-refractivity contribution is 5.94. The fraction of sp³-hybridized carbons (Fsp3) is 0.400. The lowest BCUT2D eigenvalue weighted by atomic mass is 9.62. The van der Waals surface area contributed by atoms with Crippen molar-refractivity contribution >= 4 is 16.7 Å². The molecular weight excluding hydrogens is 454 g/mol. The quantitative estimate of drug-likeness (QED) is 0.305. The van der Waals surface area contributed by atoms with Gasteiger partial charge >= 0.3 is 0 Å². The third-order valence-electron chi connectivity index (χ3n) is 8.88. The van der Waals surface area contributed by atoms with Gasteiger partial charge in [0.05, 0.1) is 11.2 Å². The minimum absolute atomic E-state index is 0.266. The van der Waals surface area contributed by atoms with Gasteiger partial charge in [-0.3, -0.25) is 0 Å². The van der Waals surface area contributed by atoms with Gasteiger partial charge < -0.3 is 10.3 Å². The Hall–Kier alpha value is -3.28. The molecule has 4 aliphatic carbocycles. The lowest BCUT2D eigenvalue weighted by Gasteiger charge is -2.47. The summed E-state index contributed by atoms with van der Waals surface area (Å²) in [5.41, 5.74) is 4.07. The van der Waals surface area contributed by atoms with Gasteiger partial charge in [-0.2, -0.15) is 0 Å². The molecule has 4 fully saturated rings. The largest absolute Gasteiger partial charge is 0.367 e. The van der Waals surface area contributed by atoms with E-state index < -0.39 is 11.6 Å². The minimum atomic E-state index is -0.617. The molecule has 0 unspecified atom stereocenters. The third-order valence-corrected chi connectivity index (χ3v) is 8.88. The summed E-state index contributed by atoms with van der Waals surface area (Å²) in [4.78, 5) is 12.7. The van der Waals surface area contributed by atoms with Gasteiger partial charge in [0.2, 0.25) is 0 Å². The molecule has 36 heavy (non-hydrogen) atoms. The van der Waals surface area contributed by atoms with Crippen molar-refractivity contribution in [1.29, 1.82) is 0 Å². The summed E-state index contributed by atoms with van der Waals surface area (Å²) in [5.74, 6) is 2.71. The molecule has 4 aromatic rings. The van der Waals surface area contributed by atoms with E-state index in [9.17, 15) is 8.78 Å². The van der Waals surface area contributed by atoms with Gasteiger partial charge in [0, 0.05) is 40.9 Å². The number of hydrogen-bond acceptors (Lipinski definition) is 3. The number of fused-ring (bicyclic) bond motifs is 4. The molecule has 8 rings (SSSR count). The summed E-state index contributed by atoms with van der Waals surface area (Å²) in [7, 11) is 0. The summed E-state index contributed by atoms with van der Waals surface area (Å²) >= 11 is 0. The predicted octanol–water partition coefficient (Wildman–Crippen LogP) is 7.68. The molecule has 0 aliphatic heterocycles. The second-order valence-electron chi connectivity index (χ2n) is 11.1. The van der Waals surface area contributed by atoms with E-state index in [0.717, 1.165) is 29.1 Å². The first kappa shape index (κ1) is 22.0. The Kier molecular flexibility index (Phi) is 5.12. The molecule has 0 spiro atoms. The zero-order valence-electron chi connectivity index (χ0n) is 20.4. The maximum absolute atomic E-state index is 14.4. The van der Waals surface area contributed by atoms with E-state index in [-0.39, 0.29) is 5.52 Å². The summed E-state index contributed by atoms with van der Waals surface area (Å²) in [5, 5.41) is 4.22. The number of aromatic amines is 1. The molecule has 2 bridgehead atoms. The van der Waals surface area contributed by atoms with Crippen LogP contribution in [0.15, 0.2) is 48.7 Å². The van der Waals surface area contributed by atoms with Crippen LogP contribution in [0.5, 0.6) is 0 Å². The first-order chi connectivity index (χ1) is 17.5. The molecule has 2 N–H and O–H groups in total. The number of nitrogens with zero attached hydrogens (tertiary/aromatic N) is 2. The molecular formula is C30H30F2N4. The molecule has 184 valence electrons. The molecule has 4 aliphatic rings. The topological polar surface area (TPSA) is 53.6 Å². The van der Waals surface area contributed by atoms with Crippen LogP contribution in [0.1, 0.15) is 56.9 Å². The molecule has 2 atom stereocenters. The second-order valence-corrected chi connectivity index (χ2v) is 11.1. The summed E-state index contributed by atoms with van der Waals surface area (Å²) in [6.07, 6.45) is 9.38. The monoisotopic (exact) mass is 484 g/mol. The Morgan fingerprint density at radius 1 is 0.889 bits per heavy atom. The predicted molar refractivity (Wildman–Crippen MR) is 139 cm³/mol. The zero-order chi connectivity index (χ0) is 24.4. The van der Waals surface area contributed by atoms with Crippen molar-refractivity contribution in [3.63, 3.8) is 0 Å². The van der Waals surface area contributed by atoms with Crippen LogP contribution in [0.2, 0.25) is 0 Å². The first-order valence-corrected chi connectivity index (χ1v) is 13.3. The van der Waals surface area contributed by atoms with Gasteiger partial charge in [0.15, 0.2) is 5.82 Å². The maximum Gasteiger partial charge on any atom is 0.164 e. The van der Waals surface area contributed by atoms with Gasteiger partial charge in [-0.25, -0.2) is 18.7 Å². The van der Waals surface area contributed by atoms with Gasteiger partial charge in [-0.15, -0.1) is 0 Å². The number of aromatic nitrogens is 3. The summed E-state index contributed by atoms with van der Waals surface area (Å²) in [6.45, 7) is 2.36. The van der Waals surface area contributed by atoms with E-state index >= 15 is 0 Å². The maximum atomic E-state index is 14.4. The van der Waals surface area contributed by atoms with E-state index in [2.05, 4.69) is 41.5 Å². The van der Waals surface area contributed by atoms with Crippen molar-refractivity contribution < 1.29 is 8.78 Å². The fourth-order valence-electron chi connectivity index (χ4n) is 6.64. The molecule has 0 radical (unpaired) electrons. The van der Waals surface area contributed by atoms with Crippen LogP contribution in [-0.2, 0) is 0 Å². The summed E-state index contributed by atoms with van der Waals surface area (Å²) in [6, 6.07) is 13.3. The second kappa shape index (κ2) is 8.39. The molecule has 4 nitrogen and oxygen atoms in total. The van der Waals surface area contributed by atoms with Crippen LogP contribution in [0.4, 0.5) is 14.6 Å². The Morgan fingerprint density at radius 2 is 1.64 bits per heavy atom. The van der Waals surface area contributed by atoms with Crippen molar-refractivity contribution in [2.75, 3.05) is 5.32 Å². The Balaban J connectivity index is 1.32. The van der Waals surface area contributed by atoms with Crippen LogP contribution >= 0.6 is 0 Å². The smallest absolute Gasteiger partial charge is 0.164 e. The van der Waals surface area contributed by atoms with Crippen LogP contribution in [0, 0.1) is 29.4 Å². The standard InChI is InChI=1S/C30H30F2N4/c1-16-17-2-10-21(11-3-17)28(16)35-27-14-26(20-8-6-19(7-9-20)18-4-5-18)34-30(36-27)24-15-33-29-23(24)12-22(31)13-25(29)32/h6-9,12-18,21,28,33H,2-5,10-11H2,1H3,(H,34,35,36)/t16-,17?,21?,28+/m1/s1. The van der Waals surface area contributed by atoms with Gasteiger partial charge in [0.1, 0.15) is 17.5 Å². The van der Waals surface area contributed by atoms with Crippen molar-refractivity contribution in [3.05, 3.63) is 65.9 Å². The Morgan fingerprint density at radius 3 is 2.36 bits per heavy atom. The third kappa shape index (κ3) is 3.78. The first-order valence-electron chi connectivity index (χ1n) is 13.3.